The van der Waals surface area contributed by atoms with Gasteiger partial charge in [-0.1, -0.05) is 30.0 Å². The average molecular weight is 355 g/mol. The molecule has 0 bridgehead atoms. The van der Waals surface area contributed by atoms with Crippen molar-refractivity contribution >= 4 is 40.2 Å². The van der Waals surface area contributed by atoms with Gasteiger partial charge in [-0.05, 0) is 24.1 Å². The van der Waals surface area contributed by atoms with E-state index in [1.54, 1.807) is 13.2 Å². The molecule has 1 N–H and O–H groups in total. The molecule has 1 saturated heterocycles. The predicted octanol–water partition coefficient (Wildman–Crippen LogP) is 1.70. The molecule has 1 aromatic carbocycles. The molecule has 1 aliphatic rings. The highest BCUT2D eigenvalue weighted by Crippen LogP contribution is 2.30. The number of thiocarbonyl (C=S) groups is 1. The molecule has 124 valence electrons. The summed E-state index contributed by atoms with van der Waals surface area (Å²) in [7, 11) is 1.55. The maximum absolute atomic E-state index is 11.7. The molecule has 0 radical (unpaired) electrons. The summed E-state index contributed by atoms with van der Waals surface area (Å²) in [5.74, 6) is 0.709. The monoisotopic (exact) mass is 355 g/mol. The molecular weight excluding hydrogens is 338 g/mol. The number of hydrogen-bond acceptors (Lipinski definition) is 7. The second-order valence-corrected chi connectivity index (χ2v) is 6.64. The first kappa shape index (κ1) is 17.6. The molecule has 8 heteroatoms. The SMILES string of the molecule is COc1cc(CC2SC(=S)NC2=O)ccc1OCCOC(C)=O. The third-order valence-electron chi connectivity index (χ3n) is 3.06. The minimum absolute atomic E-state index is 0.0688. The Labute approximate surface area is 143 Å². The fraction of sp³-hybridized carbons (Fsp3) is 0.400. The maximum Gasteiger partial charge on any atom is 0.302 e. The van der Waals surface area contributed by atoms with Crippen LogP contribution < -0.4 is 14.8 Å². The molecule has 1 aliphatic heterocycles. The lowest BCUT2D eigenvalue weighted by molar-refractivity contribution is -0.141. The summed E-state index contributed by atoms with van der Waals surface area (Å²) < 4.78 is 16.2. The lowest BCUT2D eigenvalue weighted by Gasteiger charge is -2.13. The van der Waals surface area contributed by atoms with Crippen LogP contribution in [0.3, 0.4) is 0 Å². The van der Waals surface area contributed by atoms with E-state index in [1.807, 2.05) is 12.1 Å². The van der Waals surface area contributed by atoms with Gasteiger partial charge >= 0.3 is 5.97 Å². The fourth-order valence-electron chi connectivity index (χ4n) is 2.04. The van der Waals surface area contributed by atoms with Crippen LogP contribution in [0.4, 0.5) is 0 Å². The molecule has 1 amide bonds. The van der Waals surface area contributed by atoms with Crippen LogP contribution in [0.15, 0.2) is 18.2 Å². The van der Waals surface area contributed by atoms with E-state index in [1.165, 1.54) is 18.7 Å². The van der Waals surface area contributed by atoms with Crippen molar-refractivity contribution in [2.45, 2.75) is 18.6 Å². The van der Waals surface area contributed by atoms with Crippen LogP contribution in [0.5, 0.6) is 11.5 Å². The Morgan fingerprint density at radius 1 is 1.35 bits per heavy atom. The Kier molecular flexibility index (Phi) is 6.23. The van der Waals surface area contributed by atoms with Gasteiger partial charge < -0.3 is 19.5 Å². The molecule has 1 fully saturated rings. The van der Waals surface area contributed by atoms with Crippen molar-refractivity contribution < 1.29 is 23.8 Å². The zero-order valence-electron chi connectivity index (χ0n) is 12.8. The highest BCUT2D eigenvalue weighted by Gasteiger charge is 2.29. The molecule has 1 unspecified atom stereocenters. The zero-order valence-corrected chi connectivity index (χ0v) is 14.4. The first-order valence-corrected chi connectivity index (χ1v) is 8.23. The third-order valence-corrected chi connectivity index (χ3v) is 4.43. The Bertz CT molecular complexity index is 620. The van der Waals surface area contributed by atoms with Crippen molar-refractivity contribution in [3.8, 4) is 11.5 Å². The molecular formula is C15H17NO5S2. The Hall–Kier alpha value is -1.80. The lowest BCUT2D eigenvalue weighted by atomic mass is 10.1. The Balaban J connectivity index is 1.97. The van der Waals surface area contributed by atoms with Crippen molar-refractivity contribution in [2.24, 2.45) is 0 Å². The summed E-state index contributed by atoms with van der Waals surface area (Å²) in [5, 5.41) is 2.41. The van der Waals surface area contributed by atoms with E-state index in [2.05, 4.69) is 5.32 Å². The van der Waals surface area contributed by atoms with Crippen LogP contribution in [-0.2, 0) is 20.7 Å². The predicted molar refractivity (Wildman–Crippen MR) is 90.9 cm³/mol. The lowest BCUT2D eigenvalue weighted by Crippen LogP contribution is -2.25. The van der Waals surface area contributed by atoms with E-state index in [4.69, 9.17) is 26.4 Å². The van der Waals surface area contributed by atoms with Crippen molar-refractivity contribution in [3.05, 3.63) is 23.8 Å². The summed E-state index contributed by atoms with van der Waals surface area (Å²) in [4.78, 5) is 22.4. The third kappa shape index (κ3) is 5.11. The van der Waals surface area contributed by atoms with Crippen molar-refractivity contribution in [1.29, 1.82) is 0 Å². The molecule has 0 saturated carbocycles. The van der Waals surface area contributed by atoms with Gasteiger partial charge in [0.05, 0.1) is 12.4 Å². The topological polar surface area (TPSA) is 73.9 Å². The highest BCUT2D eigenvalue weighted by atomic mass is 32.2. The van der Waals surface area contributed by atoms with E-state index < -0.39 is 0 Å². The number of methoxy groups -OCH3 is 1. The van der Waals surface area contributed by atoms with Crippen molar-refractivity contribution in [3.63, 3.8) is 0 Å². The van der Waals surface area contributed by atoms with E-state index in [0.29, 0.717) is 22.2 Å². The standard InChI is InChI=1S/C15H17NO5S2/c1-9(17)20-5-6-21-11-4-3-10(7-12(11)19-2)8-13-14(18)16-15(22)23-13/h3-4,7,13H,5-6,8H2,1-2H3,(H,16,18,22). The van der Waals surface area contributed by atoms with Crippen LogP contribution in [0.25, 0.3) is 0 Å². The van der Waals surface area contributed by atoms with Gasteiger partial charge in [0.1, 0.15) is 17.5 Å². The first-order valence-electron chi connectivity index (χ1n) is 6.94. The summed E-state index contributed by atoms with van der Waals surface area (Å²) >= 11 is 6.34. The van der Waals surface area contributed by atoms with Gasteiger partial charge in [-0.25, -0.2) is 0 Å². The van der Waals surface area contributed by atoms with Gasteiger partial charge in [-0.3, -0.25) is 9.59 Å². The molecule has 1 atom stereocenters. The zero-order chi connectivity index (χ0) is 16.8. The maximum atomic E-state index is 11.7. The van der Waals surface area contributed by atoms with Crippen molar-refractivity contribution in [1.82, 2.24) is 5.32 Å². The molecule has 0 aliphatic carbocycles. The largest absolute Gasteiger partial charge is 0.493 e. The molecule has 23 heavy (non-hydrogen) atoms. The van der Waals surface area contributed by atoms with E-state index in [9.17, 15) is 9.59 Å². The van der Waals surface area contributed by atoms with Crippen LogP contribution in [0.2, 0.25) is 0 Å². The Morgan fingerprint density at radius 2 is 2.13 bits per heavy atom. The highest BCUT2D eigenvalue weighted by molar-refractivity contribution is 8.24. The molecule has 1 aromatic rings. The van der Waals surface area contributed by atoms with Gasteiger partial charge in [0, 0.05) is 6.92 Å². The molecule has 0 aromatic heterocycles. The molecule has 1 heterocycles. The Morgan fingerprint density at radius 3 is 2.74 bits per heavy atom. The molecule has 0 spiro atoms. The summed E-state index contributed by atoms with van der Waals surface area (Å²) in [6, 6.07) is 5.48. The number of rotatable bonds is 7. The van der Waals surface area contributed by atoms with Crippen LogP contribution >= 0.6 is 24.0 Å². The minimum atomic E-state index is -0.346. The number of carbonyl (C=O) groups excluding carboxylic acids is 2. The smallest absolute Gasteiger partial charge is 0.302 e. The average Bonchev–Trinajstić information content (AvgIpc) is 2.82. The number of hydrogen-bond donors (Lipinski definition) is 1. The molecule has 6 nitrogen and oxygen atoms in total. The van der Waals surface area contributed by atoms with Gasteiger partial charge in [0.15, 0.2) is 11.5 Å². The number of amides is 1. The fourth-order valence-corrected chi connectivity index (χ4v) is 3.35. The van der Waals surface area contributed by atoms with Crippen molar-refractivity contribution in [2.75, 3.05) is 20.3 Å². The van der Waals surface area contributed by atoms with Crippen LogP contribution in [0, 0.1) is 0 Å². The van der Waals surface area contributed by atoms with Gasteiger partial charge in [0.2, 0.25) is 5.91 Å². The second kappa shape index (κ2) is 8.16. The van der Waals surface area contributed by atoms with E-state index in [-0.39, 0.29) is 30.3 Å². The van der Waals surface area contributed by atoms with Crippen LogP contribution in [0.1, 0.15) is 12.5 Å². The van der Waals surface area contributed by atoms with Gasteiger partial charge in [-0.2, -0.15) is 0 Å². The van der Waals surface area contributed by atoms with E-state index >= 15 is 0 Å². The number of carbonyl (C=O) groups is 2. The summed E-state index contributed by atoms with van der Waals surface area (Å²) in [6.45, 7) is 1.76. The number of esters is 1. The summed E-state index contributed by atoms with van der Waals surface area (Å²) in [5.41, 5.74) is 0.950. The number of ether oxygens (including phenoxy) is 3. The first-order chi connectivity index (χ1) is 11.0. The normalized spacial score (nSPS) is 16.9. The van der Waals surface area contributed by atoms with Gasteiger partial charge in [-0.15, -0.1) is 0 Å². The minimum Gasteiger partial charge on any atom is -0.493 e. The summed E-state index contributed by atoms with van der Waals surface area (Å²) in [6.07, 6.45) is 0.556. The number of thioether (sulfide) groups is 1. The second-order valence-electron chi connectivity index (χ2n) is 4.76. The number of benzene rings is 1. The van der Waals surface area contributed by atoms with E-state index in [0.717, 1.165) is 5.56 Å². The molecule has 2 rings (SSSR count). The quantitative estimate of drug-likeness (QED) is 0.453. The van der Waals surface area contributed by atoms with Crippen LogP contribution in [-0.4, -0.2) is 41.8 Å². The van der Waals surface area contributed by atoms with Gasteiger partial charge in [0.25, 0.3) is 0 Å². The number of nitrogens with one attached hydrogen (secondary N) is 1.